The van der Waals surface area contributed by atoms with Crippen molar-refractivity contribution in [2.24, 2.45) is 0 Å². The molecule has 0 radical (unpaired) electrons. The second kappa shape index (κ2) is 10.3. The summed E-state index contributed by atoms with van der Waals surface area (Å²) < 4.78 is 22.0. The molecule has 0 atom stereocenters. The molecule has 7 nitrogen and oxygen atoms in total. The van der Waals surface area contributed by atoms with Crippen LogP contribution in [0.15, 0.2) is 22.7 Å². The number of hydrogen-bond donors (Lipinski definition) is 1. The minimum Gasteiger partial charge on any atom is -0.337 e. The minimum atomic E-state index is -0.294. The normalized spacial score (nSPS) is 20.9. The van der Waals surface area contributed by atoms with Crippen molar-refractivity contribution >= 4 is 35.7 Å². The first-order valence-electron chi connectivity index (χ1n) is 11.7. The Kier molecular flexibility index (Phi) is 7.58. The molecule has 3 fully saturated rings. The first kappa shape index (κ1) is 24.4. The van der Waals surface area contributed by atoms with Gasteiger partial charge in [-0.05, 0) is 75.9 Å². The number of piperidine rings is 2. The fourth-order valence-corrected chi connectivity index (χ4v) is 5.44. The van der Waals surface area contributed by atoms with Crippen LogP contribution in [0.3, 0.4) is 0 Å². The Morgan fingerprint density at radius 3 is 2.42 bits per heavy atom. The number of aromatic nitrogens is 4. The summed E-state index contributed by atoms with van der Waals surface area (Å²) in [4.78, 5) is 7.30. The first-order valence-corrected chi connectivity index (χ1v) is 11.7. The summed E-state index contributed by atoms with van der Waals surface area (Å²) >= 11 is 0. The van der Waals surface area contributed by atoms with Gasteiger partial charge < -0.3 is 14.7 Å². The molecular formula is C23H31Cl2FN6O. The highest BCUT2D eigenvalue weighted by Gasteiger charge is 2.31. The van der Waals surface area contributed by atoms with Crippen molar-refractivity contribution in [3.63, 3.8) is 0 Å². The molecule has 0 unspecified atom stereocenters. The second-order valence-corrected chi connectivity index (χ2v) is 9.28. The molecule has 6 rings (SSSR count). The summed E-state index contributed by atoms with van der Waals surface area (Å²) in [6.45, 7) is 4.38. The summed E-state index contributed by atoms with van der Waals surface area (Å²) in [5.74, 6) is 1.37. The fraction of sp³-hybridized carbons (Fsp3) is 0.609. The monoisotopic (exact) mass is 496 g/mol. The molecule has 1 N–H and O–H groups in total. The molecule has 2 saturated heterocycles. The van der Waals surface area contributed by atoms with Crippen molar-refractivity contribution in [3.05, 3.63) is 35.6 Å². The third-order valence-electron chi connectivity index (χ3n) is 7.50. The molecule has 0 bridgehead atoms. The number of para-hydroxylation sites is 1. The van der Waals surface area contributed by atoms with E-state index in [1.165, 1.54) is 25.3 Å². The topological polar surface area (TPSA) is 72.0 Å². The highest BCUT2D eigenvalue weighted by Crippen LogP contribution is 2.40. The van der Waals surface area contributed by atoms with Gasteiger partial charge in [0.15, 0.2) is 0 Å². The molecule has 180 valence electrons. The predicted molar refractivity (Wildman–Crippen MR) is 129 cm³/mol. The molecular weight excluding hydrogens is 466 g/mol. The number of likely N-dealkylation sites (tertiary alicyclic amines) is 1. The molecule has 4 heterocycles. The average molecular weight is 497 g/mol. The molecule has 10 heteroatoms. The summed E-state index contributed by atoms with van der Waals surface area (Å²) in [6, 6.07) is 5.88. The number of benzene rings is 1. The zero-order valence-electron chi connectivity index (χ0n) is 18.6. The Balaban J connectivity index is 0.00000130. The molecule has 33 heavy (non-hydrogen) atoms. The highest BCUT2D eigenvalue weighted by molar-refractivity contribution is 5.86. The largest absolute Gasteiger partial charge is 0.337 e. The van der Waals surface area contributed by atoms with Gasteiger partial charge in [0, 0.05) is 23.3 Å². The molecule has 1 saturated carbocycles. The lowest BCUT2D eigenvalue weighted by atomic mass is 9.82. The van der Waals surface area contributed by atoms with E-state index in [-0.39, 0.29) is 36.5 Å². The molecule has 1 aromatic carbocycles. The molecule has 0 amide bonds. The van der Waals surface area contributed by atoms with E-state index < -0.39 is 0 Å². The Labute approximate surface area is 205 Å². The van der Waals surface area contributed by atoms with Gasteiger partial charge in [0.1, 0.15) is 11.3 Å². The van der Waals surface area contributed by atoms with Crippen LogP contribution < -0.4 is 5.32 Å². The van der Waals surface area contributed by atoms with Gasteiger partial charge in [0.25, 0.3) is 5.95 Å². The lowest BCUT2D eigenvalue weighted by Gasteiger charge is -2.38. The fourth-order valence-electron chi connectivity index (χ4n) is 5.44. The van der Waals surface area contributed by atoms with Crippen LogP contribution in [0.5, 0.6) is 0 Å². The molecule has 3 aromatic rings. The minimum absolute atomic E-state index is 0. The van der Waals surface area contributed by atoms with E-state index in [4.69, 9.17) is 9.62 Å². The maximum Gasteiger partial charge on any atom is 0.291 e. The maximum atomic E-state index is 14.8. The predicted octanol–water partition coefficient (Wildman–Crippen LogP) is 4.59. The molecule has 3 aliphatic rings. The van der Waals surface area contributed by atoms with E-state index in [0.717, 1.165) is 62.9 Å². The van der Waals surface area contributed by atoms with Crippen LogP contribution in [0.25, 0.3) is 16.9 Å². The quantitative estimate of drug-likeness (QED) is 0.569. The van der Waals surface area contributed by atoms with Crippen molar-refractivity contribution < 1.29 is 8.91 Å². The summed E-state index contributed by atoms with van der Waals surface area (Å²) in [5, 5.41) is 13.3. The summed E-state index contributed by atoms with van der Waals surface area (Å²) in [7, 11) is 0. The second-order valence-electron chi connectivity index (χ2n) is 9.28. The molecule has 0 spiro atoms. The number of nitrogens with one attached hydrogen (secondary N) is 1. The van der Waals surface area contributed by atoms with Gasteiger partial charge in [-0.1, -0.05) is 18.6 Å². The van der Waals surface area contributed by atoms with Crippen LogP contribution in [-0.2, 0) is 0 Å². The van der Waals surface area contributed by atoms with Gasteiger partial charge in [-0.15, -0.1) is 24.8 Å². The van der Waals surface area contributed by atoms with Crippen molar-refractivity contribution in [1.29, 1.82) is 0 Å². The van der Waals surface area contributed by atoms with Crippen LogP contribution in [0.2, 0.25) is 0 Å². The Morgan fingerprint density at radius 2 is 1.73 bits per heavy atom. The van der Waals surface area contributed by atoms with Crippen LogP contribution >= 0.6 is 24.8 Å². The van der Waals surface area contributed by atoms with Crippen LogP contribution in [0.4, 0.5) is 4.39 Å². The van der Waals surface area contributed by atoms with Crippen LogP contribution in [0.1, 0.15) is 68.4 Å². The van der Waals surface area contributed by atoms with Gasteiger partial charge >= 0.3 is 0 Å². The van der Waals surface area contributed by atoms with E-state index in [0.29, 0.717) is 29.3 Å². The number of rotatable bonds is 4. The lowest BCUT2D eigenvalue weighted by molar-refractivity contribution is 0.120. The Hall–Kier alpha value is -1.74. The number of halogens is 3. The third-order valence-corrected chi connectivity index (χ3v) is 7.50. The summed E-state index contributed by atoms with van der Waals surface area (Å²) in [5.41, 5.74) is 1.42. The Bertz CT molecular complexity index is 1070. The average Bonchev–Trinajstić information content (AvgIpc) is 3.40. The maximum absolute atomic E-state index is 14.8. The van der Waals surface area contributed by atoms with Crippen LogP contribution in [-0.4, -0.2) is 57.0 Å². The SMILES string of the molecule is Cl.Cl.Fc1cccc2c(C3CCC3)nn(-c3noc(C4CCN(C5CCNCC5)CC4)n3)c12. The smallest absolute Gasteiger partial charge is 0.291 e. The number of hydrogen-bond acceptors (Lipinski definition) is 6. The first-order chi connectivity index (χ1) is 15.3. The number of fused-ring (bicyclic) bond motifs is 1. The highest BCUT2D eigenvalue weighted by atomic mass is 35.5. The molecule has 2 aromatic heterocycles. The van der Waals surface area contributed by atoms with Crippen LogP contribution in [0, 0.1) is 5.82 Å². The summed E-state index contributed by atoms with van der Waals surface area (Å²) in [6.07, 6.45) is 7.93. The number of nitrogens with zero attached hydrogens (tertiary/aromatic N) is 5. The van der Waals surface area contributed by atoms with E-state index in [2.05, 4.69) is 20.4 Å². The van der Waals surface area contributed by atoms with E-state index in [9.17, 15) is 4.39 Å². The van der Waals surface area contributed by atoms with E-state index >= 15 is 0 Å². The van der Waals surface area contributed by atoms with E-state index in [1.54, 1.807) is 10.7 Å². The zero-order valence-corrected chi connectivity index (χ0v) is 20.2. The van der Waals surface area contributed by atoms with Gasteiger partial charge in [0.05, 0.1) is 5.69 Å². The standard InChI is InChI=1S/C23H29FN6O.2ClH/c24-19-6-2-5-18-20(15-3-1-4-15)27-30(21(18)19)23-26-22(31-28-23)16-9-13-29(14-10-16)17-7-11-25-12-8-17;;/h2,5-6,15-17,25H,1,3-4,7-14H2;2*1H. The van der Waals surface area contributed by atoms with Crippen molar-refractivity contribution in [2.45, 2.75) is 62.8 Å². The van der Waals surface area contributed by atoms with Gasteiger partial charge in [-0.25, -0.2) is 4.39 Å². The molecule has 2 aliphatic heterocycles. The lowest BCUT2D eigenvalue weighted by Crippen LogP contribution is -2.46. The zero-order chi connectivity index (χ0) is 20.8. The van der Waals surface area contributed by atoms with Gasteiger partial charge in [0.2, 0.25) is 5.89 Å². The Morgan fingerprint density at radius 1 is 0.970 bits per heavy atom. The van der Waals surface area contributed by atoms with Gasteiger partial charge in [-0.2, -0.15) is 14.8 Å². The van der Waals surface area contributed by atoms with Crippen molar-refractivity contribution in [1.82, 2.24) is 30.1 Å². The van der Waals surface area contributed by atoms with E-state index in [1.807, 2.05) is 6.07 Å². The molecule has 1 aliphatic carbocycles. The van der Waals surface area contributed by atoms with Crippen molar-refractivity contribution in [2.75, 3.05) is 26.2 Å². The van der Waals surface area contributed by atoms with Crippen molar-refractivity contribution in [3.8, 4) is 5.95 Å². The third kappa shape index (κ3) is 4.50. The van der Waals surface area contributed by atoms with Gasteiger partial charge in [-0.3, -0.25) is 0 Å².